The fourth-order valence-corrected chi connectivity index (χ4v) is 8.19. The van der Waals surface area contributed by atoms with E-state index in [1.54, 1.807) is 7.11 Å². The summed E-state index contributed by atoms with van der Waals surface area (Å²) in [5, 5.41) is 0.730. The molecule has 1 aliphatic rings. The van der Waals surface area contributed by atoms with Crippen molar-refractivity contribution < 1.29 is 23.7 Å². The minimum absolute atomic E-state index is 0.217. The van der Waals surface area contributed by atoms with Crippen LogP contribution in [-0.2, 0) is 63.0 Å². The molecule has 1 fully saturated rings. The normalized spacial score (nSPS) is 20.7. The third kappa shape index (κ3) is 10.9. The Labute approximate surface area is 343 Å². The van der Waals surface area contributed by atoms with Gasteiger partial charge in [-0.25, -0.2) is 0 Å². The summed E-state index contributed by atoms with van der Waals surface area (Å²) in [5.74, 6) is -0.467. The molecular weight excluding hydrogens is 728 g/mol. The highest BCUT2D eigenvalue weighted by atomic mass is 35.5. The summed E-state index contributed by atoms with van der Waals surface area (Å²) in [5.41, 5.74) is 8.99. The maximum absolute atomic E-state index is 7.13. The predicted octanol–water partition coefficient (Wildman–Crippen LogP) is 11.2. The summed E-state index contributed by atoms with van der Waals surface area (Å²) >= 11 is 6.99. The van der Waals surface area contributed by atoms with Gasteiger partial charge in [-0.05, 0) is 63.4 Å². The van der Waals surface area contributed by atoms with Crippen LogP contribution >= 0.6 is 11.6 Å². The quantitative estimate of drug-likeness (QED) is 0.0869. The summed E-state index contributed by atoms with van der Waals surface area (Å²) in [4.78, 5) is 0. The van der Waals surface area contributed by atoms with Gasteiger partial charge in [0, 0.05) is 24.0 Å². The summed E-state index contributed by atoms with van der Waals surface area (Å²) in [6.45, 7) is 4.23. The van der Waals surface area contributed by atoms with Crippen molar-refractivity contribution in [2.45, 2.75) is 76.5 Å². The van der Waals surface area contributed by atoms with Crippen molar-refractivity contribution in [1.29, 1.82) is 0 Å². The molecule has 0 N–H and O–H groups in total. The molecule has 294 valence electrons. The predicted molar refractivity (Wildman–Crippen MR) is 228 cm³/mol. The van der Waals surface area contributed by atoms with Crippen molar-refractivity contribution in [3.8, 4) is 0 Å². The average Bonchev–Trinajstić information content (AvgIpc) is 3.27. The van der Waals surface area contributed by atoms with E-state index in [0.717, 1.165) is 44.8 Å². The molecule has 6 heteroatoms. The zero-order valence-electron chi connectivity index (χ0n) is 32.9. The smallest absolute Gasteiger partial charge is 0.111 e. The highest BCUT2D eigenvalue weighted by molar-refractivity contribution is 6.31. The lowest BCUT2D eigenvalue weighted by molar-refractivity contribution is -0.232. The van der Waals surface area contributed by atoms with E-state index in [9.17, 15) is 0 Å². The first-order valence-corrected chi connectivity index (χ1v) is 20.4. The molecule has 6 aromatic rings. The highest BCUT2D eigenvalue weighted by Crippen LogP contribution is 2.45. The van der Waals surface area contributed by atoms with Crippen LogP contribution in [0.3, 0.4) is 0 Å². The Bertz CT molecular complexity index is 2060. The molecule has 7 rings (SSSR count). The van der Waals surface area contributed by atoms with Gasteiger partial charge in [0.05, 0.1) is 51.3 Å². The maximum atomic E-state index is 7.13. The molecule has 0 radical (unpaired) electrons. The summed E-state index contributed by atoms with van der Waals surface area (Å²) < 4.78 is 34.5. The van der Waals surface area contributed by atoms with Crippen molar-refractivity contribution in [2.24, 2.45) is 5.92 Å². The van der Waals surface area contributed by atoms with Gasteiger partial charge in [-0.1, -0.05) is 176 Å². The van der Waals surface area contributed by atoms with Gasteiger partial charge < -0.3 is 23.7 Å². The van der Waals surface area contributed by atoms with E-state index < -0.39 is 18.3 Å². The number of hydrogen-bond acceptors (Lipinski definition) is 5. The molecule has 0 spiro atoms. The van der Waals surface area contributed by atoms with E-state index in [2.05, 4.69) is 91.9 Å². The van der Waals surface area contributed by atoms with Gasteiger partial charge in [0.1, 0.15) is 6.10 Å². The Morgan fingerprint density at radius 1 is 0.474 bits per heavy atom. The third-order valence-corrected chi connectivity index (χ3v) is 11.4. The first-order chi connectivity index (χ1) is 28.1. The third-order valence-electron chi connectivity index (χ3n) is 11.0. The molecule has 0 saturated heterocycles. The lowest BCUT2D eigenvalue weighted by Crippen LogP contribution is -2.61. The van der Waals surface area contributed by atoms with Crippen LogP contribution in [-0.4, -0.2) is 38.1 Å². The number of ether oxygens (including phenoxy) is 5. The number of hydrogen-bond donors (Lipinski definition) is 0. The van der Waals surface area contributed by atoms with Crippen molar-refractivity contribution in [1.82, 2.24) is 0 Å². The standard InChI is InChI=1S/C51H53ClO5/c1-3-37-24-26-38(27-25-37)30-44-31-43(28-29-46(44)52)47-48(53-2)45(36-54-32-39-16-8-4-9-17-39)49(55-33-40-18-10-5-11-19-40)51(57-35-42-22-14-7-15-23-42)50(47)56-34-41-20-12-6-13-21-41/h4-29,31,45,47-51H,3,30,32-36H2,1-2H3. The summed E-state index contributed by atoms with van der Waals surface area (Å²) in [6.07, 6.45) is -0.0206. The Morgan fingerprint density at radius 2 is 0.947 bits per heavy atom. The van der Waals surface area contributed by atoms with Crippen LogP contribution in [0.1, 0.15) is 57.3 Å². The molecule has 57 heavy (non-hydrogen) atoms. The first kappa shape index (κ1) is 40.6. The SMILES string of the molecule is CCc1ccc(Cc2cc(C3C(OC)C(COCc4ccccc4)C(OCc4ccccc4)C(OCc4ccccc4)C3OCc3ccccc3)ccc2Cl)cc1. The largest absolute Gasteiger partial charge is 0.380 e. The molecule has 0 aromatic heterocycles. The van der Waals surface area contributed by atoms with Crippen molar-refractivity contribution in [3.05, 3.63) is 213 Å². The second-order valence-corrected chi connectivity index (χ2v) is 15.3. The molecule has 6 aromatic carbocycles. The molecule has 1 aliphatic carbocycles. The second-order valence-electron chi connectivity index (χ2n) is 14.9. The minimum Gasteiger partial charge on any atom is -0.380 e. The summed E-state index contributed by atoms with van der Waals surface area (Å²) in [7, 11) is 1.79. The van der Waals surface area contributed by atoms with Crippen LogP contribution in [0.5, 0.6) is 0 Å². The van der Waals surface area contributed by atoms with E-state index in [-0.39, 0.29) is 17.9 Å². The molecular formula is C51H53ClO5. The van der Waals surface area contributed by atoms with Gasteiger partial charge >= 0.3 is 0 Å². The molecule has 0 aliphatic heterocycles. The topological polar surface area (TPSA) is 46.2 Å². The van der Waals surface area contributed by atoms with Crippen molar-refractivity contribution in [2.75, 3.05) is 13.7 Å². The molecule has 0 heterocycles. The van der Waals surface area contributed by atoms with E-state index in [1.165, 1.54) is 11.1 Å². The Kier molecular flexibility index (Phi) is 14.8. The number of halogens is 1. The molecule has 6 unspecified atom stereocenters. The highest BCUT2D eigenvalue weighted by Gasteiger charge is 2.54. The minimum atomic E-state index is -0.486. The van der Waals surface area contributed by atoms with Crippen LogP contribution < -0.4 is 0 Å². The van der Waals surface area contributed by atoms with E-state index >= 15 is 0 Å². The average molecular weight is 781 g/mol. The maximum Gasteiger partial charge on any atom is 0.111 e. The van der Waals surface area contributed by atoms with Crippen LogP contribution in [0.4, 0.5) is 0 Å². The molecule has 1 saturated carbocycles. The Morgan fingerprint density at radius 3 is 1.46 bits per heavy atom. The zero-order valence-corrected chi connectivity index (χ0v) is 33.7. The van der Waals surface area contributed by atoms with Crippen molar-refractivity contribution in [3.63, 3.8) is 0 Å². The van der Waals surface area contributed by atoms with Gasteiger partial charge in [-0.3, -0.25) is 0 Å². The Hall–Kier alpha value is -4.59. The number of benzene rings is 6. The molecule has 6 atom stereocenters. The first-order valence-electron chi connectivity index (χ1n) is 20.1. The molecule has 5 nitrogen and oxygen atoms in total. The van der Waals surface area contributed by atoms with E-state index in [0.29, 0.717) is 39.5 Å². The lowest BCUT2D eigenvalue weighted by Gasteiger charge is -2.50. The van der Waals surface area contributed by atoms with Gasteiger partial charge in [0.15, 0.2) is 0 Å². The zero-order chi connectivity index (χ0) is 39.2. The second kappa shape index (κ2) is 20.7. The monoisotopic (exact) mass is 780 g/mol. The van der Waals surface area contributed by atoms with Gasteiger partial charge in [-0.15, -0.1) is 0 Å². The van der Waals surface area contributed by atoms with Crippen LogP contribution in [0.25, 0.3) is 0 Å². The van der Waals surface area contributed by atoms with Gasteiger partial charge in [-0.2, -0.15) is 0 Å². The number of methoxy groups -OCH3 is 1. The molecule has 0 bridgehead atoms. The summed E-state index contributed by atoms with van der Waals surface area (Å²) in [6, 6.07) is 56.4. The molecule has 0 amide bonds. The number of aryl methyl sites for hydroxylation is 1. The van der Waals surface area contributed by atoms with Gasteiger partial charge in [0.25, 0.3) is 0 Å². The number of rotatable bonds is 18. The van der Waals surface area contributed by atoms with Crippen LogP contribution in [0.2, 0.25) is 5.02 Å². The fourth-order valence-electron chi connectivity index (χ4n) is 8.01. The lowest BCUT2D eigenvalue weighted by atomic mass is 9.70. The van der Waals surface area contributed by atoms with Crippen LogP contribution in [0.15, 0.2) is 164 Å². The van der Waals surface area contributed by atoms with E-state index in [1.807, 2.05) is 78.9 Å². The van der Waals surface area contributed by atoms with Crippen LogP contribution in [0, 0.1) is 5.92 Å². The van der Waals surface area contributed by atoms with Gasteiger partial charge in [0.2, 0.25) is 0 Å². The fraction of sp³-hybridized carbons (Fsp3) is 0.294. The van der Waals surface area contributed by atoms with Crippen molar-refractivity contribution >= 4 is 11.6 Å². The van der Waals surface area contributed by atoms with E-state index in [4.69, 9.17) is 35.3 Å². The Balaban J connectivity index is 1.30.